The van der Waals surface area contributed by atoms with Crippen LogP contribution in [0, 0.1) is 18.7 Å². The predicted octanol–water partition coefficient (Wildman–Crippen LogP) is 3.53. The van der Waals surface area contributed by atoms with Crippen LogP contribution in [0.4, 0.5) is 4.39 Å². The minimum Gasteiger partial charge on any atom is -0.439 e. The van der Waals surface area contributed by atoms with Crippen molar-refractivity contribution in [1.82, 2.24) is 10.3 Å². The van der Waals surface area contributed by atoms with Gasteiger partial charge in [-0.3, -0.25) is 0 Å². The van der Waals surface area contributed by atoms with Gasteiger partial charge in [0, 0.05) is 5.56 Å². The van der Waals surface area contributed by atoms with E-state index in [1.807, 2.05) is 6.92 Å². The highest BCUT2D eigenvalue weighted by Gasteiger charge is 2.09. The second kappa shape index (κ2) is 5.97. The molecule has 0 saturated heterocycles. The molecule has 1 N–H and O–H groups in total. The molecule has 2 rings (SSSR count). The number of nitrogens with zero attached hydrogens (tertiary/aromatic N) is 1. The Morgan fingerprint density at radius 1 is 1.37 bits per heavy atom. The van der Waals surface area contributed by atoms with Gasteiger partial charge in [0.05, 0.1) is 12.7 Å². The van der Waals surface area contributed by atoms with E-state index in [1.165, 1.54) is 12.1 Å². The van der Waals surface area contributed by atoms with E-state index in [2.05, 4.69) is 24.1 Å². The molecule has 3 nitrogen and oxygen atoms in total. The van der Waals surface area contributed by atoms with Gasteiger partial charge in [-0.25, -0.2) is 9.37 Å². The summed E-state index contributed by atoms with van der Waals surface area (Å²) in [6, 6.07) is 4.66. The maximum Gasteiger partial charge on any atom is 0.208 e. The van der Waals surface area contributed by atoms with E-state index in [-0.39, 0.29) is 5.82 Å². The number of oxazole rings is 1. The first-order valence-electron chi connectivity index (χ1n) is 6.48. The summed E-state index contributed by atoms with van der Waals surface area (Å²) in [7, 11) is 0. The lowest BCUT2D eigenvalue weighted by atomic mass is 10.1. The summed E-state index contributed by atoms with van der Waals surface area (Å²) in [5.41, 5.74) is 1.72. The fourth-order valence-electron chi connectivity index (χ4n) is 1.84. The van der Waals surface area contributed by atoms with Gasteiger partial charge in [0.15, 0.2) is 5.76 Å². The summed E-state index contributed by atoms with van der Waals surface area (Å²) in [5, 5.41) is 3.26. The van der Waals surface area contributed by atoms with Crippen LogP contribution in [0.15, 0.2) is 28.8 Å². The molecule has 0 fully saturated rings. The molecule has 2 aromatic rings. The van der Waals surface area contributed by atoms with Crippen LogP contribution < -0.4 is 5.32 Å². The van der Waals surface area contributed by atoms with Crippen molar-refractivity contribution in [3.05, 3.63) is 41.7 Å². The van der Waals surface area contributed by atoms with Crippen molar-refractivity contribution in [1.29, 1.82) is 0 Å². The van der Waals surface area contributed by atoms with E-state index >= 15 is 0 Å². The van der Waals surface area contributed by atoms with E-state index in [4.69, 9.17) is 4.42 Å². The monoisotopic (exact) mass is 262 g/mol. The van der Waals surface area contributed by atoms with Crippen LogP contribution >= 0.6 is 0 Å². The summed E-state index contributed by atoms with van der Waals surface area (Å²) < 4.78 is 18.9. The number of benzene rings is 1. The molecular weight excluding hydrogens is 243 g/mol. The van der Waals surface area contributed by atoms with Gasteiger partial charge < -0.3 is 9.73 Å². The van der Waals surface area contributed by atoms with Gasteiger partial charge in [-0.05, 0) is 37.1 Å². The largest absolute Gasteiger partial charge is 0.439 e. The number of aryl methyl sites for hydroxylation is 1. The van der Waals surface area contributed by atoms with Crippen molar-refractivity contribution in [2.75, 3.05) is 6.54 Å². The molecule has 0 spiro atoms. The van der Waals surface area contributed by atoms with Crippen molar-refractivity contribution in [3.63, 3.8) is 0 Å². The van der Waals surface area contributed by atoms with Gasteiger partial charge in [0.2, 0.25) is 5.89 Å². The topological polar surface area (TPSA) is 38.1 Å². The van der Waals surface area contributed by atoms with Crippen LogP contribution in [-0.2, 0) is 6.54 Å². The Labute approximate surface area is 112 Å². The lowest BCUT2D eigenvalue weighted by molar-refractivity contribution is 0.458. The predicted molar refractivity (Wildman–Crippen MR) is 73.2 cm³/mol. The van der Waals surface area contributed by atoms with E-state index < -0.39 is 0 Å². The van der Waals surface area contributed by atoms with Gasteiger partial charge >= 0.3 is 0 Å². The molecular formula is C15H19FN2O. The number of hydrogen-bond donors (Lipinski definition) is 1. The highest BCUT2D eigenvalue weighted by Crippen LogP contribution is 2.24. The molecule has 19 heavy (non-hydrogen) atoms. The molecule has 0 aliphatic heterocycles. The third kappa shape index (κ3) is 3.64. The van der Waals surface area contributed by atoms with Gasteiger partial charge in [-0.15, -0.1) is 0 Å². The fraction of sp³-hybridized carbons (Fsp3) is 0.400. The van der Waals surface area contributed by atoms with Crippen LogP contribution in [0.5, 0.6) is 0 Å². The molecule has 1 aromatic carbocycles. The molecule has 0 saturated carbocycles. The second-order valence-electron chi connectivity index (χ2n) is 5.10. The number of hydrogen-bond acceptors (Lipinski definition) is 3. The Hall–Kier alpha value is -1.68. The number of rotatable bonds is 5. The zero-order valence-corrected chi connectivity index (χ0v) is 11.5. The fourth-order valence-corrected chi connectivity index (χ4v) is 1.84. The SMILES string of the molecule is Cc1ccc(F)cc1-c1cnc(CNCC(C)C)o1. The molecule has 0 unspecified atom stereocenters. The first-order chi connectivity index (χ1) is 9.06. The number of halogens is 1. The first-order valence-corrected chi connectivity index (χ1v) is 6.48. The highest BCUT2D eigenvalue weighted by molar-refractivity contribution is 5.61. The van der Waals surface area contributed by atoms with E-state index in [1.54, 1.807) is 12.3 Å². The summed E-state index contributed by atoms with van der Waals surface area (Å²) in [6.07, 6.45) is 1.65. The standard InChI is InChI=1S/C15H19FN2O/c1-10(2)7-17-9-15-18-8-14(19-15)13-6-12(16)5-4-11(13)3/h4-6,8,10,17H,7,9H2,1-3H3. The maximum absolute atomic E-state index is 13.3. The third-order valence-corrected chi connectivity index (χ3v) is 2.85. The summed E-state index contributed by atoms with van der Waals surface area (Å²) in [5.74, 6) is 1.55. The second-order valence-corrected chi connectivity index (χ2v) is 5.10. The van der Waals surface area contributed by atoms with Crippen molar-refractivity contribution in [3.8, 4) is 11.3 Å². The van der Waals surface area contributed by atoms with Crippen LogP contribution in [0.3, 0.4) is 0 Å². The van der Waals surface area contributed by atoms with Gasteiger partial charge in [-0.1, -0.05) is 19.9 Å². The number of aromatic nitrogens is 1. The summed E-state index contributed by atoms with van der Waals surface area (Å²) in [6.45, 7) is 7.71. The molecule has 1 heterocycles. The Kier molecular flexibility index (Phi) is 4.32. The molecule has 0 amide bonds. The molecule has 0 radical (unpaired) electrons. The lowest BCUT2D eigenvalue weighted by Crippen LogP contribution is -2.18. The minimum atomic E-state index is -0.267. The zero-order chi connectivity index (χ0) is 13.8. The van der Waals surface area contributed by atoms with Crippen molar-refractivity contribution in [2.45, 2.75) is 27.3 Å². The first kappa shape index (κ1) is 13.7. The Morgan fingerprint density at radius 3 is 2.89 bits per heavy atom. The molecule has 4 heteroatoms. The average Bonchev–Trinajstić information content (AvgIpc) is 2.80. The third-order valence-electron chi connectivity index (χ3n) is 2.85. The minimum absolute atomic E-state index is 0.267. The van der Waals surface area contributed by atoms with Crippen LogP contribution in [0.2, 0.25) is 0 Å². The van der Waals surface area contributed by atoms with Crippen molar-refractivity contribution >= 4 is 0 Å². The molecule has 1 aromatic heterocycles. The van der Waals surface area contributed by atoms with Crippen molar-refractivity contribution < 1.29 is 8.81 Å². The molecule has 102 valence electrons. The Bertz CT molecular complexity index is 549. The van der Waals surface area contributed by atoms with Crippen LogP contribution in [0.1, 0.15) is 25.3 Å². The molecule has 0 atom stereocenters. The Balaban J connectivity index is 2.10. The van der Waals surface area contributed by atoms with Crippen LogP contribution in [-0.4, -0.2) is 11.5 Å². The summed E-state index contributed by atoms with van der Waals surface area (Å²) >= 11 is 0. The maximum atomic E-state index is 13.3. The zero-order valence-electron chi connectivity index (χ0n) is 11.5. The smallest absolute Gasteiger partial charge is 0.208 e. The summed E-state index contributed by atoms with van der Waals surface area (Å²) in [4.78, 5) is 4.21. The van der Waals surface area contributed by atoms with Gasteiger partial charge in [-0.2, -0.15) is 0 Å². The van der Waals surface area contributed by atoms with Crippen molar-refractivity contribution in [2.24, 2.45) is 5.92 Å². The average molecular weight is 262 g/mol. The van der Waals surface area contributed by atoms with E-state index in [9.17, 15) is 4.39 Å². The Morgan fingerprint density at radius 2 is 2.16 bits per heavy atom. The van der Waals surface area contributed by atoms with Gasteiger partial charge in [0.1, 0.15) is 5.82 Å². The van der Waals surface area contributed by atoms with Crippen LogP contribution in [0.25, 0.3) is 11.3 Å². The lowest BCUT2D eigenvalue weighted by Gasteiger charge is -2.04. The molecule has 0 aliphatic carbocycles. The van der Waals surface area contributed by atoms with Gasteiger partial charge in [0.25, 0.3) is 0 Å². The highest BCUT2D eigenvalue weighted by atomic mass is 19.1. The molecule has 0 bridgehead atoms. The van der Waals surface area contributed by atoms with E-state index in [0.29, 0.717) is 24.1 Å². The molecule has 0 aliphatic rings. The normalized spacial score (nSPS) is 11.2. The number of nitrogens with one attached hydrogen (secondary N) is 1. The quantitative estimate of drug-likeness (QED) is 0.895. The van der Waals surface area contributed by atoms with E-state index in [0.717, 1.165) is 17.7 Å².